The predicted molar refractivity (Wildman–Crippen MR) is 125 cm³/mol. The molecule has 4 aromatic rings. The van der Waals surface area contributed by atoms with Crippen LogP contribution in [-0.4, -0.2) is 71.1 Å². The molecule has 4 aromatic heterocycles. The Hall–Kier alpha value is -3.67. The lowest BCUT2D eigenvalue weighted by Crippen LogP contribution is -2.39. The van der Waals surface area contributed by atoms with Crippen LogP contribution in [0.25, 0.3) is 5.65 Å². The van der Waals surface area contributed by atoms with Crippen LogP contribution in [0.5, 0.6) is 0 Å². The number of piperidine rings is 1. The molecule has 1 aliphatic heterocycles. The Morgan fingerprint density at radius 3 is 2.82 bits per heavy atom. The zero-order valence-corrected chi connectivity index (χ0v) is 19.8. The number of nitrogens with one attached hydrogen (secondary N) is 2. The summed E-state index contributed by atoms with van der Waals surface area (Å²) in [5, 5.41) is 18.4. The molecule has 0 bridgehead atoms. The fraction of sp³-hybridized carbons (Fsp3) is 0.409. The Balaban J connectivity index is 1.17. The molecule has 0 spiro atoms. The van der Waals surface area contributed by atoms with Crippen molar-refractivity contribution >= 4 is 28.8 Å². The Labute approximate surface area is 199 Å². The number of amides is 2. The summed E-state index contributed by atoms with van der Waals surface area (Å²) in [6.45, 7) is 5.44. The molecule has 0 unspecified atom stereocenters. The Bertz CT molecular complexity index is 1320. The number of carbonyl (C=O) groups is 2. The van der Waals surface area contributed by atoms with Crippen LogP contribution in [0, 0.1) is 13.8 Å². The van der Waals surface area contributed by atoms with Gasteiger partial charge in [-0.1, -0.05) is 0 Å². The lowest BCUT2D eigenvalue weighted by Gasteiger charge is -2.31. The van der Waals surface area contributed by atoms with Crippen LogP contribution < -0.4 is 5.32 Å². The first-order chi connectivity index (χ1) is 16.5. The van der Waals surface area contributed by atoms with E-state index in [1.807, 2.05) is 24.8 Å². The van der Waals surface area contributed by atoms with E-state index in [1.165, 1.54) is 11.3 Å². The number of nitrogens with zero attached hydrogens (tertiary/aromatic N) is 7. The summed E-state index contributed by atoms with van der Waals surface area (Å²) in [6, 6.07) is 1.83. The number of hydrogen-bond donors (Lipinski definition) is 2. The number of rotatable bonds is 6. The van der Waals surface area contributed by atoms with E-state index in [4.69, 9.17) is 0 Å². The van der Waals surface area contributed by atoms with E-state index in [2.05, 4.69) is 35.6 Å². The zero-order valence-electron chi connectivity index (χ0n) is 19.0. The largest absolute Gasteiger partial charge is 0.350 e. The van der Waals surface area contributed by atoms with Crippen molar-refractivity contribution in [2.24, 2.45) is 0 Å². The number of thiazole rings is 1. The molecule has 1 aliphatic rings. The standard InChI is InChI=1S/C22H25N9O2S/c1-13-9-18-27-28-19(14(2)31(18)29-13)22(33)30-7-4-15(5-8-30)21-26-17(11-34-21)20(32)24-6-3-16-10-23-12-25-16/h9-12,15H,3-8H2,1-2H3,(H,23,25)(H,24,32). The van der Waals surface area contributed by atoms with Crippen LogP contribution in [0.4, 0.5) is 0 Å². The van der Waals surface area contributed by atoms with Gasteiger partial charge in [0.1, 0.15) is 5.69 Å². The molecule has 176 valence electrons. The van der Waals surface area contributed by atoms with E-state index in [-0.39, 0.29) is 17.7 Å². The van der Waals surface area contributed by atoms with Crippen molar-refractivity contribution in [1.29, 1.82) is 0 Å². The second-order valence-corrected chi connectivity index (χ2v) is 9.30. The summed E-state index contributed by atoms with van der Waals surface area (Å²) >= 11 is 1.50. The third kappa shape index (κ3) is 4.40. The molecule has 1 fully saturated rings. The molecule has 0 saturated carbocycles. The van der Waals surface area contributed by atoms with Gasteiger partial charge in [0, 0.05) is 55.3 Å². The van der Waals surface area contributed by atoms with Crippen molar-refractivity contribution in [2.45, 2.75) is 39.0 Å². The smallest absolute Gasteiger partial charge is 0.276 e. The lowest BCUT2D eigenvalue weighted by atomic mass is 9.97. The van der Waals surface area contributed by atoms with Crippen molar-refractivity contribution in [3.05, 3.63) is 57.4 Å². The van der Waals surface area contributed by atoms with E-state index < -0.39 is 0 Å². The van der Waals surface area contributed by atoms with Crippen molar-refractivity contribution < 1.29 is 9.59 Å². The normalized spacial score (nSPS) is 14.6. The number of likely N-dealkylation sites (tertiary alicyclic amines) is 1. The zero-order chi connectivity index (χ0) is 23.7. The quantitative estimate of drug-likeness (QED) is 0.431. The van der Waals surface area contributed by atoms with E-state index >= 15 is 0 Å². The lowest BCUT2D eigenvalue weighted by molar-refractivity contribution is 0.0704. The van der Waals surface area contributed by atoms with Gasteiger partial charge in [-0.05, 0) is 26.7 Å². The van der Waals surface area contributed by atoms with Crippen LogP contribution in [0.2, 0.25) is 0 Å². The molecule has 1 saturated heterocycles. The van der Waals surface area contributed by atoms with Crippen molar-refractivity contribution in [3.8, 4) is 0 Å². The van der Waals surface area contributed by atoms with Gasteiger partial charge in [0.05, 0.1) is 22.7 Å². The molecule has 2 N–H and O–H groups in total. The molecule has 5 rings (SSSR count). The molecule has 0 radical (unpaired) electrons. The van der Waals surface area contributed by atoms with Gasteiger partial charge in [0.2, 0.25) is 0 Å². The average molecular weight is 480 g/mol. The fourth-order valence-electron chi connectivity index (χ4n) is 4.16. The maximum atomic E-state index is 13.1. The first kappa shape index (κ1) is 22.1. The van der Waals surface area contributed by atoms with Gasteiger partial charge >= 0.3 is 0 Å². The Morgan fingerprint density at radius 1 is 1.24 bits per heavy atom. The molecular weight excluding hydrogens is 454 g/mol. The second-order valence-electron chi connectivity index (χ2n) is 8.41. The van der Waals surface area contributed by atoms with E-state index in [0.717, 1.165) is 29.2 Å². The highest BCUT2D eigenvalue weighted by Gasteiger charge is 2.29. The molecule has 0 aliphatic carbocycles. The molecule has 0 aromatic carbocycles. The van der Waals surface area contributed by atoms with Gasteiger partial charge in [0.25, 0.3) is 11.8 Å². The summed E-state index contributed by atoms with van der Waals surface area (Å²) in [7, 11) is 0. The van der Waals surface area contributed by atoms with Gasteiger partial charge in [0.15, 0.2) is 11.3 Å². The van der Waals surface area contributed by atoms with E-state index in [9.17, 15) is 9.59 Å². The highest BCUT2D eigenvalue weighted by Crippen LogP contribution is 2.31. The van der Waals surface area contributed by atoms with Gasteiger partial charge in [-0.25, -0.2) is 14.5 Å². The summed E-state index contributed by atoms with van der Waals surface area (Å²) < 4.78 is 1.67. The molecule has 12 heteroatoms. The minimum absolute atomic E-state index is 0.130. The number of hydrogen-bond acceptors (Lipinski definition) is 8. The SMILES string of the molecule is Cc1cc2nnc(C(=O)N3CCC(c4nc(C(=O)NCCc5cnc[nH]5)cs4)CC3)c(C)n2n1. The Morgan fingerprint density at radius 2 is 2.06 bits per heavy atom. The summed E-state index contributed by atoms with van der Waals surface area (Å²) in [5.74, 6) is -0.0769. The second kappa shape index (κ2) is 9.29. The number of aryl methyl sites for hydroxylation is 2. The van der Waals surface area contributed by atoms with E-state index in [0.29, 0.717) is 48.8 Å². The number of H-pyrrole nitrogens is 1. The molecular formula is C22H25N9O2S. The van der Waals surface area contributed by atoms with Crippen LogP contribution in [0.1, 0.15) is 61.8 Å². The minimum Gasteiger partial charge on any atom is -0.350 e. The summed E-state index contributed by atoms with van der Waals surface area (Å²) in [5.41, 5.74) is 3.90. The number of imidazole rings is 1. The predicted octanol–water partition coefficient (Wildman–Crippen LogP) is 1.91. The first-order valence-corrected chi connectivity index (χ1v) is 12.1. The number of fused-ring (bicyclic) bond motifs is 1. The molecule has 0 atom stereocenters. The summed E-state index contributed by atoms with van der Waals surface area (Å²) in [4.78, 5) is 38.9. The highest BCUT2D eigenvalue weighted by molar-refractivity contribution is 7.09. The van der Waals surface area contributed by atoms with Gasteiger partial charge in [-0.2, -0.15) is 5.10 Å². The maximum absolute atomic E-state index is 13.1. The highest BCUT2D eigenvalue weighted by atomic mass is 32.1. The van der Waals surface area contributed by atoms with Crippen molar-refractivity contribution in [1.82, 2.24) is 45.0 Å². The van der Waals surface area contributed by atoms with Crippen LogP contribution in [0.15, 0.2) is 24.0 Å². The van der Waals surface area contributed by atoms with Crippen LogP contribution >= 0.6 is 11.3 Å². The third-order valence-electron chi connectivity index (χ3n) is 6.05. The van der Waals surface area contributed by atoms with Gasteiger partial charge in [-0.3, -0.25) is 9.59 Å². The van der Waals surface area contributed by atoms with Crippen LogP contribution in [0.3, 0.4) is 0 Å². The number of carbonyl (C=O) groups excluding carboxylic acids is 2. The maximum Gasteiger partial charge on any atom is 0.276 e. The summed E-state index contributed by atoms with van der Waals surface area (Å²) in [6.07, 6.45) is 5.63. The average Bonchev–Trinajstić information content (AvgIpc) is 3.60. The number of aromatic nitrogens is 7. The minimum atomic E-state index is -0.173. The van der Waals surface area contributed by atoms with E-state index in [1.54, 1.807) is 22.4 Å². The molecule has 34 heavy (non-hydrogen) atoms. The topological polar surface area (TPSA) is 134 Å². The van der Waals surface area contributed by atoms with Gasteiger partial charge in [-0.15, -0.1) is 21.5 Å². The van der Waals surface area contributed by atoms with Crippen molar-refractivity contribution in [2.75, 3.05) is 19.6 Å². The Kier molecular flexibility index (Phi) is 6.05. The molecule has 11 nitrogen and oxygen atoms in total. The van der Waals surface area contributed by atoms with Gasteiger partial charge < -0.3 is 15.2 Å². The monoisotopic (exact) mass is 479 g/mol. The van der Waals surface area contributed by atoms with Crippen LogP contribution in [-0.2, 0) is 6.42 Å². The van der Waals surface area contributed by atoms with Crippen molar-refractivity contribution in [3.63, 3.8) is 0 Å². The fourth-order valence-corrected chi connectivity index (χ4v) is 5.13. The molecule has 2 amide bonds. The first-order valence-electron chi connectivity index (χ1n) is 11.2. The number of aromatic amines is 1. The molecule has 5 heterocycles. The third-order valence-corrected chi connectivity index (χ3v) is 7.06.